The van der Waals surface area contributed by atoms with Crippen LogP contribution in [-0.2, 0) is 10.6 Å². The Morgan fingerprint density at radius 3 is 3.11 bits per heavy atom. The zero-order valence-electron chi connectivity index (χ0n) is 10.5. The lowest BCUT2D eigenvalue weighted by molar-refractivity contribution is -0.00899. The lowest BCUT2D eigenvalue weighted by Crippen LogP contribution is -2.53. The number of rotatable bonds is 2. The summed E-state index contributed by atoms with van der Waals surface area (Å²) in [6.45, 7) is 1.76. The van der Waals surface area contributed by atoms with Gasteiger partial charge in [0.2, 0.25) is 0 Å². The van der Waals surface area contributed by atoms with Gasteiger partial charge in [0.15, 0.2) is 0 Å². The minimum atomic E-state index is 0.397. The number of morpholine rings is 1. The second-order valence-corrected chi connectivity index (χ2v) is 5.34. The van der Waals surface area contributed by atoms with E-state index in [1.54, 1.807) is 0 Å². The molecule has 1 saturated heterocycles. The number of ether oxygens (including phenoxy) is 1. The molecule has 0 amide bonds. The summed E-state index contributed by atoms with van der Waals surface area (Å²) in [5.41, 5.74) is 0.952. The van der Waals surface area contributed by atoms with Gasteiger partial charge in [-0.05, 0) is 25.0 Å². The number of nitrogens with zero attached hydrogens (tertiary/aromatic N) is 2. The molecule has 0 N–H and O–H groups in total. The Hall–Kier alpha value is -0.800. The zero-order chi connectivity index (χ0) is 12.4. The van der Waals surface area contributed by atoms with Crippen molar-refractivity contribution in [3.05, 3.63) is 23.9 Å². The number of pyridine rings is 1. The lowest BCUT2D eigenvalue weighted by atomic mass is 9.90. The Labute approximate surface area is 113 Å². The minimum absolute atomic E-state index is 0.397. The normalized spacial score (nSPS) is 27.9. The molecule has 4 heteroatoms. The van der Waals surface area contributed by atoms with Crippen molar-refractivity contribution in [3.63, 3.8) is 0 Å². The molecule has 0 spiro atoms. The Kier molecular flexibility index (Phi) is 3.71. The van der Waals surface area contributed by atoms with Gasteiger partial charge in [-0.25, -0.2) is 4.98 Å². The van der Waals surface area contributed by atoms with Crippen LogP contribution in [-0.4, -0.2) is 30.3 Å². The average Bonchev–Trinajstić information content (AvgIpc) is 2.47. The molecule has 98 valence electrons. The zero-order valence-corrected chi connectivity index (χ0v) is 11.3. The number of fused-ring (bicyclic) bond motifs is 1. The standard InChI is InChI=1S/C14H19ClN2O/c15-10-11-4-3-7-14(16-11)17-8-9-18-13-6-2-1-5-12(13)17/h3-4,7,12-13H,1-2,5-6,8-10H2. The highest BCUT2D eigenvalue weighted by molar-refractivity contribution is 6.16. The molecule has 3 rings (SSSR count). The first-order chi connectivity index (χ1) is 8.88. The number of hydrogen-bond donors (Lipinski definition) is 0. The van der Waals surface area contributed by atoms with Crippen molar-refractivity contribution in [2.24, 2.45) is 0 Å². The summed E-state index contributed by atoms with van der Waals surface area (Å²) < 4.78 is 5.89. The Morgan fingerprint density at radius 1 is 1.33 bits per heavy atom. The van der Waals surface area contributed by atoms with E-state index >= 15 is 0 Å². The van der Waals surface area contributed by atoms with Gasteiger partial charge in [-0.15, -0.1) is 11.6 Å². The summed E-state index contributed by atoms with van der Waals surface area (Å²) in [4.78, 5) is 7.06. The fourth-order valence-corrected chi connectivity index (χ4v) is 3.23. The molecule has 2 heterocycles. The number of hydrogen-bond acceptors (Lipinski definition) is 3. The van der Waals surface area contributed by atoms with Gasteiger partial charge in [0.05, 0.1) is 30.3 Å². The van der Waals surface area contributed by atoms with Crippen molar-refractivity contribution in [3.8, 4) is 0 Å². The third kappa shape index (κ3) is 2.34. The average molecular weight is 267 g/mol. The van der Waals surface area contributed by atoms with Crippen LogP contribution in [0.1, 0.15) is 31.4 Å². The number of anilines is 1. The van der Waals surface area contributed by atoms with Crippen LogP contribution in [0, 0.1) is 0 Å². The fourth-order valence-electron chi connectivity index (χ4n) is 3.08. The van der Waals surface area contributed by atoms with Crippen LogP contribution in [0.25, 0.3) is 0 Å². The molecular weight excluding hydrogens is 248 g/mol. The van der Waals surface area contributed by atoms with E-state index < -0.39 is 0 Å². The maximum Gasteiger partial charge on any atom is 0.129 e. The Morgan fingerprint density at radius 2 is 2.22 bits per heavy atom. The van der Waals surface area contributed by atoms with E-state index in [0.29, 0.717) is 18.0 Å². The molecule has 2 unspecified atom stereocenters. The lowest BCUT2D eigenvalue weighted by Gasteiger charge is -2.44. The van der Waals surface area contributed by atoms with Gasteiger partial charge in [0.1, 0.15) is 5.82 Å². The van der Waals surface area contributed by atoms with E-state index in [0.717, 1.165) is 24.7 Å². The van der Waals surface area contributed by atoms with Crippen molar-refractivity contribution in [1.82, 2.24) is 4.98 Å². The van der Waals surface area contributed by atoms with Crippen LogP contribution in [0.5, 0.6) is 0 Å². The number of alkyl halides is 1. The summed E-state index contributed by atoms with van der Waals surface area (Å²) in [6.07, 6.45) is 5.41. The molecule has 2 atom stereocenters. The topological polar surface area (TPSA) is 25.4 Å². The largest absolute Gasteiger partial charge is 0.374 e. The van der Waals surface area contributed by atoms with Crippen molar-refractivity contribution >= 4 is 17.4 Å². The molecule has 18 heavy (non-hydrogen) atoms. The van der Waals surface area contributed by atoms with Gasteiger partial charge in [-0.2, -0.15) is 0 Å². The molecular formula is C14H19ClN2O. The molecule has 2 fully saturated rings. The molecule has 1 aromatic rings. The quantitative estimate of drug-likeness (QED) is 0.770. The van der Waals surface area contributed by atoms with Crippen LogP contribution in [0.15, 0.2) is 18.2 Å². The van der Waals surface area contributed by atoms with Crippen LogP contribution < -0.4 is 4.90 Å². The van der Waals surface area contributed by atoms with Gasteiger partial charge in [0, 0.05) is 6.54 Å². The molecule has 1 aromatic heterocycles. The summed E-state index contributed by atoms with van der Waals surface area (Å²) in [6, 6.07) is 6.63. The first-order valence-electron chi connectivity index (χ1n) is 6.78. The number of aromatic nitrogens is 1. The van der Waals surface area contributed by atoms with E-state index in [4.69, 9.17) is 16.3 Å². The highest BCUT2D eigenvalue weighted by atomic mass is 35.5. The van der Waals surface area contributed by atoms with Gasteiger partial charge < -0.3 is 9.64 Å². The van der Waals surface area contributed by atoms with Gasteiger partial charge in [-0.1, -0.05) is 18.9 Å². The predicted molar refractivity (Wildman–Crippen MR) is 73.1 cm³/mol. The van der Waals surface area contributed by atoms with Crippen LogP contribution in [0.2, 0.25) is 0 Å². The SMILES string of the molecule is ClCc1cccc(N2CCOC3CCCCC32)n1. The first-order valence-corrected chi connectivity index (χ1v) is 7.32. The third-order valence-corrected chi connectivity index (χ3v) is 4.23. The van der Waals surface area contributed by atoms with Crippen molar-refractivity contribution in [2.45, 2.75) is 43.7 Å². The summed E-state index contributed by atoms with van der Waals surface area (Å²) >= 11 is 5.87. The van der Waals surface area contributed by atoms with Crippen molar-refractivity contribution in [2.75, 3.05) is 18.1 Å². The van der Waals surface area contributed by atoms with Gasteiger partial charge >= 0.3 is 0 Å². The molecule has 0 bridgehead atoms. The molecule has 1 aliphatic carbocycles. The fraction of sp³-hybridized carbons (Fsp3) is 0.643. The van der Waals surface area contributed by atoms with E-state index in [2.05, 4.69) is 16.0 Å². The second kappa shape index (κ2) is 5.45. The first kappa shape index (κ1) is 12.2. The minimum Gasteiger partial charge on any atom is -0.374 e. The Bertz CT molecular complexity index is 411. The van der Waals surface area contributed by atoms with Crippen molar-refractivity contribution < 1.29 is 4.74 Å². The van der Waals surface area contributed by atoms with E-state index in [-0.39, 0.29) is 0 Å². The monoisotopic (exact) mass is 266 g/mol. The van der Waals surface area contributed by atoms with Crippen LogP contribution >= 0.6 is 11.6 Å². The predicted octanol–water partition coefficient (Wildman–Crippen LogP) is 2.97. The molecule has 0 radical (unpaired) electrons. The van der Waals surface area contributed by atoms with Gasteiger partial charge in [-0.3, -0.25) is 0 Å². The summed E-state index contributed by atoms with van der Waals surface area (Å²) in [7, 11) is 0. The third-order valence-electron chi connectivity index (χ3n) is 3.96. The highest BCUT2D eigenvalue weighted by Gasteiger charge is 2.34. The number of halogens is 1. The second-order valence-electron chi connectivity index (χ2n) is 5.08. The van der Waals surface area contributed by atoms with E-state index in [9.17, 15) is 0 Å². The van der Waals surface area contributed by atoms with Crippen molar-refractivity contribution in [1.29, 1.82) is 0 Å². The molecule has 1 aliphatic heterocycles. The molecule has 0 aromatic carbocycles. The summed E-state index contributed by atoms with van der Waals surface area (Å²) in [5, 5.41) is 0. The highest BCUT2D eigenvalue weighted by Crippen LogP contribution is 2.31. The van der Waals surface area contributed by atoms with Gasteiger partial charge in [0.25, 0.3) is 0 Å². The maximum atomic E-state index is 5.89. The van der Waals surface area contributed by atoms with E-state index in [1.807, 2.05) is 12.1 Å². The smallest absolute Gasteiger partial charge is 0.129 e. The molecule has 3 nitrogen and oxygen atoms in total. The van der Waals surface area contributed by atoms with Crippen LogP contribution in [0.4, 0.5) is 5.82 Å². The van der Waals surface area contributed by atoms with Crippen LogP contribution in [0.3, 0.4) is 0 Å². The molecule has 1 saturated carbocycles. The van der Waals surface area contributed by atoms with E-state index in [1.165, 1.54) is 25.7 Å². The molecule has 2 aliphatic rings. The summed E-state index contributed by atoms with van der Waals surface area (Å²) in [5.74, 6) is 1.54. The Balaban J connectivity index is 1.84. The maximum absolute atomic E-state index is 5.89.